The third-order valence-corrected chi connectivity index (χ3v) is 3.50. The van der Waals surface area contributed by atoms with Gasteiger partial charge in [0, 0.05) is 11.6 Å². The van der Waals surface area contributed by atoms with E-state index < -0.39 is 9.75 Å². The van der Waals surface area contributed by atoms with Gasteiger partial charge in [-0.15, -0.1) is 0 Å². The van der Waals surface area contributed by atoms with Gasteiger partial charge in [0.1, 0.15) is 5.78 Å². The van der Waals surface area contributed by atoms with Gasteiger partial charge < -0.3 is 0 Å². The van der Waals surface area contributed by atoms with Gasteiger partial charge in [0.25, 0.3) is 5.69 Å². The van der Waals surface area contributed by atoms with Crippen LogP contribution in [0.5, 0.6) is 0 Å². The van der Waals surface area contributed by atoms with E-state index in [4.69, 9.17) is 0 Å². The van der Waals surface area contributed by atoms with E-state index >= 15 is 0 Å². The molecule has 0 N–H and O–H groups in total. The van der Waals surface area contributed by atoms with Crippen molar-refractivity contribution in [3.8, 4) is 0 Å². The lowest BCUT2D eigenvalue weighted by molar-refractivity contribution is -0.385. The van der Waals surface area contributed by atoms with E-state index in [0.717, 1.165) is 5.56 Å². The average molecular weight is 286 g/mol. The Kier molecular flexibility index (Phi) is 4.18. The molecule has 0 aliphatic heterocycles. The van der Waals surface area contributed by atoms with Crippen LogP contribution >= 0.6 is 15.9 Å². The third kappa shape index (κ3) is 2.66. The number of rotatable bonds is 4. The number of hydrogen-bond donors (Lipinski definition) is 0. The number of nitrogens with zero attached hydrogens (tertiary/aromatic N) is 1. The maximum absolute atomic E-state index is 11.2. The number of halogens is 1. The molecule has 0 amide bonds. The molecular weight excluding hydrogens is 274 g/mol. The molecule has 0 fully saturated rings. The van der Waals surface area contributed by atoms with E-state index in [1.54, 1.807) is 12.1 Å². The largest absolute Gasteiger partial charge is 0.298 e. The quantitative estimate of drug-likeness (QED) is 0.485. The van der Waals surface area contributed by atoms with Crippen LogP contribution in [-0.4, -0.2) is 10.7 Å². The molecule has 4 nitrogen and oxygen atoms in total. The van der Waals surface area contributed by atoms with Crippen LogP contribution in [-0.2, 0) is 11.2 Å². The van der Waals surface area contributed by atoms with Gasteiger partial charge in [-0.25, -0.2) is 0 Å². The van der Waals surface area contributed by atoms with Crippen molar-refractivity contribution in [2.75, 3.05) is 0 Å². The summed E-state index contributed by atoms with van der Waals surface area (Å²) in [7, 11) is 0. The molecule has 1 rings (SSSR count). The normalized spacial score (nSPS) is 12.2. The Morgan fingerprint density at radius 1 is 1.56 bits per heavy atom. The summed E-state index contributed by atoms with van der Waals surface area (Å²) >= 11 is 3.26. The van der Waals surface area contributed by atoms with Gasteiger partial charge in [0.05, 0.1) is 9.75 Å². The van der Waals surface area contributed by atoms with Gasteiger partial charge in [-0.1, -0.05) is 28.9 Å². The number of ketones is 1. The fourth-order valence-corrected chi connectivity index (χ4v) is 1.74. The Hall–Kier alpha value is -1.23. The van der Waals surface area contributed by atoms with Crippen molar-refractivity contribution in [1.29, 1.82) is 0 Å². The van der Waals surface area contributed by atoms with Crippen LogP contribution in [0.3, 0.4) is 0 Å². The fourth-order valence-electron chi connectivity index (χ4n) is 1.46. The summed E-state index contributed by atoms with van der Waals surface area (Å²) in [6.45, 7) is 3.33. The number of carbonyl (C=O) groups is 1. The fraction of sp³-hybridized carbons (Fsp3) is 0.364. The molecule has 0 spiro atoms. The molecule has 86 valence electrons. The first-order valence-corrected chi connectivity index (χ1v) is 5.80. The number of nitro groups is 1. The van der Waals surface area contributed by atoms with Gasteiger partial charge in [0.2, 0.25) is 0 Å². The molecule has 0 saturated heterocycles. The number of aryl methyl sites for hydroxylation is 1. The second-order valence-electron chi connectivity index (χ2n) is 3.47. The van der Waals surface area contributed by atoms with Crippen LogP contribution in [0.2, 0.25) is 0 Å². The lowest BCUT2D eigenvalue weighted by Gasteiger charge is -2.08. The average Bonchev–Trinajstić information content (AvgIpc) is 2.26. The zero-order chi connectivity index (χ0) is 12.3. The Balaban J connectivity index is 3.18. The van der Waals surface area contributed by atoms with Gasteiger partial charge in [-0.2, -0.15) is 0 Å². The van der Waals surface area contributed by atoms with Crippen molar-refractivity contribution in [3.63, 3.8) is 0 Å². The highest BCUT2D eigenvalue weighted by Gasteiger charge is 2.17. The van der Waals surface area contributed by atoms with E-state index in [2.05, 4.69) is 15.9 Å². The number of nitro benzene ring substituents is 1. The van der Waals surface area contributed by atoms with Crippen molar-refractivity contribution in [2.45, 2.75) is 25.1 Å². The molecule has 0 aliphatic carbocycles. The van der Waals surface area contributed by atoms with Crippen molar-refractivity contribution in [2.24, 2.45) is 0 Å². The SMILES string of the molecule is CCc1cc(C(Br)C(C)=O)ccc1[N+](=O)[O-]. The van der Waals surface area contributed by atoms with Crippen LogP contribution in [0, 0.1) is 10.1 Å². The molecule has 5 heteroatoms. The Morgan fingerprint density at radius 2 is 2.19 bits per heavy atom. The van der Waals surface area contributed by atoms with Crippen LogP contribution in [0.1, 0.15) is 29.8 Å². The van der Waals surface area contributed by atoms with Crippen LogP contribution < -0.4 is 0 Å². The molecule has 1 atom stereocenters. The number of alkyl halides is 1. The molecule has 1 aromatic carbocycles. The maximum Gasteiger partial charge on any atom is 0.272 e. The van der Waals surface area contributed by atoms with E-state index in [1.807, 2.05) is 6.92 Å². The van der Waals surface area contributed by atoms with Crippen molar-refractivity contribution in [3.05, 3.63) is 39.4 Å². The zero-order valence-electron chi connectivity index (χ0n) is 9.07. The summed E-state index contributed by atoms with van der Waals surface area (Å²) in [6, 6.07) is 4.77. The Labute approximate surface area is 102 Å². The second-order valence-corrected chi connectivity index (χ2v) is 4.39. The minimum absolute atomic E-state index is 0.0177. The summed E-state index contributed by atoms with van der Waals surface area (Å²) in [4.78, 5) is 21.1. The van der Waals surface area contributed by atoms with E-state index in [1.165, 1.54) is 13.0 Å². The smallest absolute Gasteiger partial charge is 0.272 e. The third-order valence-electron chi connectivity index (χ3n) is 2.33. The first-order valence-electron chi connectivity index (χ1n) is 4.89. The minimum Gasteiger partial charge on any atom is -0.298 e. The number of Topliss-reactive ketones (excluding diaryl/α,β-unsaturated/α-hetero) is 1. The Morgan fingerprint density at radius 3 is 2.62 bits per heavy atom. The van der Waals surface area contributed by atoms with Gasteiger partial charge >= 0.3 is 0 Å². The lowest BCUT2D eigenvalue weighted by atomic mass is 10.0. The van der Waals surface area contributed by atoms with Gasteiger partial charge in [-0.3, -0.25) is 14.9 Å². The summed E-state index contributed by atoms with van der Waals surface area (Å²) in [5.74, 6) is -0.0177. The maximum atomic E-state index is 11.2. The molecule has 0 radical (unpaired) electrons. The van der Waals surface area contributed by atoms with Crippen LogP contribution in [0.25, 0.3) is 0 Å². The summed E-state index contributed by atoms with van der Waals surface area (Å²) in [6.07, 6.45) is 0.571. The highest BCUT2D eigenvalue weighted by molar-refractivity contribution is 9.09. The molecule has 0 saturated carbocycles. The molecule has 0 bridgehead atoms. The van der Waals surface area contributed by atoms with E-state index in [9.17, 15) is 14.9 Å². The zero-order valence-corrected chi connectivity index (χ0v) is 10.7. The van der Waals surface area contributed by atoms with Crippen molar-refractivity contribution in [1.82, 2.24) is 0 Å². The standard InChI is InChI=1S/C11H12BrNO3/c1-3-8-6-9(11(12)7(2)14)4-5-10(8)13(15)16/h4-6,11H,3H2,1-2H3. The monoisotopic (exact) mass is 285 g/mol. The minimum atomic E-state index is -0.403. The second kappa shape index (κ2) is 5.21. The van der Waals surface area contributed by atoms with Gasteiger partial charge in [-0.05, 0) is 25.0 Å². The van der Waals surface area contributed by atoms with Crippen LogP contribution in [0.4, 0.5) is 5.69 Å². The summed E-state index contributed by atoms with van der Waals surface area (Å²) < 4.78 is 0. The van der Waals surface area contributed by atoms with E-state index in [-0.39, 0.29) is 11.5 Å². The topological polar surface area (TPSA) is 60.2 Å². The predicted molar refractivity (Wildman–Crippen MR) is 64.8 cm³/mol. The highest BCUT2D eigenvalue weighted by Crippen LogP contribution is 2.28. The highest BCUT2D eigenvalue weighted by atomic mass is 79.9. The molecule has 1 aromatic rings. The summed E-state index contributed by atoms with van der Waals surface area (Å²) in [5.41, 5.74) is 1.51. The first kappa shape index (κ1) is 12.8. The molecule has 0 aromatic heterocycles. The molecule has 0 heterocycles. The molecule has 1 unspecified atom stereocenters. The first-order chi connectivity index (χ1) is 7.47. The number of benzene rings is 1. The molecule has 16 heavy (non-hydrogen) atoms. The molecular formula is C11H12BrNO3. The number of carbonyl (C=O) groups excluding carboxylic acids is 1. The predicted octanol–water partition coefficient (Wildman–Crippen LogP) is 3.18. The van der Waals surface area contributed by atoms with Gasteiger partial charge in [0.15, 0.2) is 0 Å². The molecule has 0 aliphatic rings. The van der Waals surface area contributed by atoms with Crippen LogP contribution in [0.15, 0.2) is 18.2 Å². The summed E-state index contributed by atoms with van der Waals surface area (Å²) in [5, 5.41) is 10.7. The van der Waals surface area contributed by atoms with Crippen molar-refractivity contribution < 1.29 is 9.72 Å². The van der Waals surface area contributed by atoms with Crippen molar-refractivity contribution >= 4 is 27.4 Å². The lowest BCUT2D eigenvalue weighted by Crippen LogP contribution is -2.03. The Bertz CT molecular complexity index is 431. The number of hydrogen-bond acceptors (Lipinski definition) is 3. The van der Waals surface area contributed by atoms with E-state index in [0.29, 0.717) is 12.0 Å².